The molecule has 0 radical (unpaired) electrons. The van der Waals surface area contributed by atoms with Crippen molar-refractivity contribution in [2.45, 2.75) is 45.3 Å². The summed E-state index contributed by atoms with van der Waals surface area (Å²) in [5.74, 6) is 0.988. The number of hydrogen-bond donors (Lipinski definition) is 2. The molecule has 0 saturated heterocycles. The van der Waals surface area contributed by atoms with E-state index < -0.39 is 0 Å². The Kier molecular flexibility index (Phi) is 5.71. The van der Waals surface area contributed by atoms with Crippen LogP contribution in [-0.4, -0.2) is 45.5 Å². The molecule has 20 heavy (non-hydrogen) atoms. The van der Waals surface area contributed by atoms with E-state index in [-0.39, 0.29) is 17.5 Å². The van der Waals surface area contributed by atoms with Gasteiger partial charge in [0.2, 0.25) is 5.91 Å². The van der Waals surface area contributed by atoms with Gasteiger partial charge in [-0.1, -0.05) is 0 Å². The van der Waals surface area contributed by atoms with Crippen molar-refractivity contribution in [3.63, 3.8) is 0 Å². The van der Waals surface area contributed by atoms with Gasteiger partial charge < -0.3 is 15.6 Å². The summed E-state index contributed by atoms with van der Waals surface area (Å²) in [5, 5.41) is 2.97. The van der Waals surface area contributed by atoms with E-state index in [4.69, 9.17) is 5.73 Å². The van der Waals surface area contributed by atoms with E-state index in [0.717, 1.165) is 5.82 Å². The number of amides is 1. The number of likely N-dealkylation sites (N-methyl/N-ethyl adjacent to an activating group) is 1. The van der Waals surface area contributed by atoms with Gasteiger partial charge in [0.15, 0.2) is 0 Å². The Morgan fingerprint density at radius 3 is 2.65 bits per heavy atom. The Balaban J connectivity index is 2.57. The highest BCUT2D eigenvalue weighted by atomic mass is 16.1. The maximum Gasteiger partial charge on any atom is 0.222 e. The van der Waals surface area contributed by atoms with Gasteiger partial charge in [-0.05, 0) is 27.8 Å². The number of aryl methyl sites for hydroxylation is 1. The Morgan fingerprint density at radius 2 is 2.20 bits per heavy atom. The van der Waals surface area contributed by atoms with Crippen LogP contribution in [0, 0.1) is 0 Å². The highest BCUT2D eigenvalue weighted by Gasteiger charge is 2.21. The van der Waals surface area contributed by atoms with Crippen molar-refractivity contribution in [3.05, 3.63) is 18.2 Å². The third kappa shape index (κ3) is 5.30. The summed E-state index contributed by atoms with van der Waals surface area (Å²) < 4.78 is 1.97. The SMILES string of the molecule is CN(Cc1nccn1C)C(CN)CC(=O)NC(C)(C)C. The lowest BCUT2D eigenvalue weighted by molar-refractivity contribution is -0.123. The van der Waals surface area contributed by atoms with Gasteiger partial charge in [-0.2, -0.15) is 0 Å². The second-order valence-corrected chi connectivity index (χ2v) is 6.26. The molecule has 1 rings (SSSR count). The minimum Gasteiger partial charge on any atom is -0.351 e. The summed E-state index contributed by atoms with van der Waals surface area (Å²) in [6.45, 7) is 7.03. The average Bonchev–Trinajstić information content (AvgIpc) is 2.69. The van der Waals surface area contributed by atoms with Crippen molar-refractivity contribution in [1.29, 1.82) is 0 Å². The quantitative estimate of drug-likeness (QED) is 0.795. The number of carbonyl (C=O) groups excluding carboxylic acids is 1. The van der Waals surface area contributed by atoms with Crippen LogP contribution in [0.3, 0.4) is 0 Å². The fraction of sp³-hybridized carbons (Fsp3) is 0.714. The molecule has 0 aliphatic rings. The highest BCUT2D eigenvalue weighted by molar-refractivity contribution is 5.77. The van der Waals surface area contributed by atoms with Crippen molar-refractivity contribution in [1.82, 2.24) is 19.8 Å². The first-order chi connectivity index (χ1) is 9.23. The van der Waals surface area contributed by atoms with Crippen LogP contribution in [0.4, 0.5) is 0 Å². The molecule has 6 heteroatoms. The maximum absolute atomic E-state index is 12.0. The first kappa shape index (κ1) is 16.7. The molecular weight excluding hydrogens is 254 g/mol. The van der Waals surface area contributed by atoms with E-state index in [1.807, 2.05) is 45.6 Å². The molecule has 114 valence electrons. The third-order valence-corrected chi connectivity index (χ3v) is 3.14. The molecule has 0 aliphatic heterocycles. The van der Waals surface area contributed by atoms with Gasteiger partial charge in [0, 0.05) is 44.0 Å². The molecule has 0 fully saturated rings. The molecule has 0 aromatic carbocycles. The largest absolute Gasteiger partial charge is 0.351 e. The number of rotatable bonds is 6. The number of aromatic nitrogens is 2. The summed E-state index contributed by atoms with van der Waals surface area (Å²) in [6, 6.07) is 0.00838. The summed E-state index contributed by atoms with van der Waals surface area (Å²) in [7, 11) is 3.93. The Bertz CT molecular complexity index is 435. The van der Waals surface area contributed by atoms with Crippen LogP contribution in [-0.2, 0) is 18.4 Å². The summed E-state index contributed by atoms with van der Waals surface area (Å²) >= 11 is 0. The van der Waals surface area contributed by atoms with Gasteiger partial charge in [0.25, 0.3) is 0 Å². The van der Waals surface area contributed by atoms with E-state index in [1.54, 1.807) is 6.20 Å². The summed E-state index contributed by atoms with van der Waals surface area (Å²) in [6.07, 6.45) is 4.08. The molecule has 1 unspecified atom stereocenters. The summed E-state index contributed by atoms with van der Waals surface area (Å²) in [5.41, 5.74) is 5.59. The molecule has 0 aliphatic carbocycles. The van der Waals surface area contributed by atoms with E-state index in [9.17, 15) is 4.79 Å². The van der Waals surface area contributed by atoms with Crippen molar-refractivity contribution in [2.75, 3.05) is 13.6 Å². The first-order valence-corrected chi connectivity index (χ1v) is 6.90. The lowest BCUT2D eigenvalue weighted by Crippen LogP contribution is -2.46. The van der Waals surface area contributed by atoms with E-state index in [0.29, 0.717) is 19.5 Å². The first-order valence-electron chi connectivity index (χ1n) is 6.90. The molecule has 3 N–H and O–H groups in total. The lowest BCUT2D eigenvalue weighted by atomic mass is 10.1. The number of nitrogens with two attached hydrogens (primary N) is 1. The topological polar surface area (TPSA) is 76.2 Å². The zero-order valence-corrected chi connectivity index (χ0v) is 13.2. The Labute approximate surface area is 121 Å². The number of nitrogens with one attached hydrogen (secondary N) is 1. The number of carbonyl (C=O) groups is 1. The van der Waals surface area contributed by atoms with Crippen LogP contribution in [0.2, 0.25) is 0 Å². The minimum absolute atomic E-state index is 0.00838. The van der Waals surface area contributed by atoms with Crippen LogP contribution < -0.4 is 11.1 Å². The van der Waals surface area contributed by atoms with Crippen LogP contribution in [0.1, 0.15) is 33.0 Å². The number of hydrogen-bond acceptors (Lipinski definition) is 4. The van der Waals surface area contributed by atoms with Gasteiger partial charge in [0.1, 0.15) is 5.82 Å². The van der Waals surface area contributed by atoms with Gasteiger partial charge >= 0.3 is 0 Å². The molecule has 1 atom stereocenters. The molecule has 1 aromatic rings. The molecule has 1 amide bonds. The van der Waals surface area contributed by atoms with Crippen molar-refractivity contribution < 1.29 is 4.79 Å². The van der Waals surface area contributed by atoms with Crippen LogP contribution >= 0.6 is 0 Å². The number of nitrogens with zero attached hydrogens (tertiary/aromatic N) is 3. The van der Waals surface area contributed by atoms with Crippen LogP contribution in [0.25, 0.3) is 0 Å². The predicted octanol–water partition coefficient (Wildman–Crippen LogP) is 0.484. The number of imidazole rings is 1. The molecule has 1 heterocycles. The van der Waals surface area contributed by atoms with E-state index >= 15 is 0 Å². The second kappa shape index (κ2) is 6.85. The van der Waals surface area contributed by atoms with Crippen LogP contribution in [0.15, 0.2) is 12.4 Å². The maximum atomic E-state index is 12.0. The van der Waals surface area contributed by atoms with Gasteiger partial charge in [0.05, 0.1) is 6.54 Å². The molecule has 0 saturated carbocycles. The highest BCUT2D eigenvalue weighted by Crippen LogP contribution is 2.08. The van der Waals surface area contributed by atoms with Gasteiger partial charge in [-0.25, -0.2) is 4.98 Å². The van der Waals surface area contributed by atoms with Crippen molar-refractivity contribution in [2.24, 2.45) is 12.8 Å². The molecular formula is C14H27N5O. The van der Waals surface area contributed by atoms with E-state index in [2.05, 4.69) is 15.2 Å². The fourth-order valence-corrected chi connectivity index (χ4v) is 2.00. The van der Waals surface area contributed by atoms with Gasteiger partial charge in [-0.3, -0.25) is 9.69 Å². The summed E-state index contributed by atoms with van der Waals surface area (Å²) in [4.78, 5) is 18.4. The van der Waals surface area contributed by atoms with E-state index in [1.165, 1.54) is 0 Å². The second-order valence-electron chi connectivity index (χ2n) is 6.26. The predicted molar refractivity (Wildman–Crippen MR) is 80.0 cm³/mol. The van der Waals surface area contributed by atoms with Gasteiger partial charge in [-0.15, -0.1) is 0 Å². The standard InChI is InChI=1S/C14H27N5O/c1-14(2,3)17-13(20)8-11(9-15)19(5)10-12-16-6-7-18(12)4/h6-7,11H,8-10,15H2,1-5H3,(H,17,20). The van der Waals surface area contributed by atoms with Crippen LogP contribution in [0.5, 0.6) is 0 Å². The Morgan fingerprint density at radius 1 is 1.55 bits per heavy atom. The molecule has 6 nitrogen and oxygen atoms in total. The minimum atomic E-state index is -0.214. The lowest BCUT2D eigenvalue weighted by Gasteiger charge is -2.28. The molecule has 1 aromatic heterocycles. The fourth-order valence-electron chi connectivity index (χ4n) is 2.00. The molecule has 0 bridgehead atoms. The Hall–Kier alpha value is -1.40. The molecule has 0 spiro atoms. The smallest absolute Gasteiger partial charge is 0.222 e. The van der Waals surface area contributed by atoms with Crippen molar-refractivity contribution in [3.8, 4) is 0 Å². The average molecular weight is 281 g/mol. The monoisotopic (exact) mass is 281 g/mol. The van der Waals surface area contributed by atoms with Crippen molar-refractivity contribution >= 4 is 5.91 Å². The zero-order valence-electron chi connectivity index (χ0n) is 13.2. The normalized spacial score (nSPS) is 13.6. The third-order valence-electron chi connectivity index (χ3n) is 3.14. The zero-order chi connectivity index (χ0) is 15.3.